The van der Waals surface area contributed by atoms with E-state index >= 15 is 0 Å². The van der Waals surface area contributed by atoms with Gasteiger partial charge in [-0.1, -0.05) is 0 Å². The molecule has 0 aromatic heterocycles. The van der Waals surface area contributed by atoms with Crippen molar-refractivity contribution >= 4 is 29.3 Å². The molecule has 0 aliphatic carbocycles. The SMILES string of the molecule is CC(=O)C(N)C(=O)OC(=O)CCl. The van der Waals surface area contributed by atoms with Gasteiger partial charge in [-0.3, -0.25) is 9.59 Å². The Balaban J connectivity index is 4.04. The predicted molar refractivity (Wildman–Crippen MR) is 40.5 cm³/mol. The molecule has 0 heterocycles. The molecule has 1 unspecified atom stereocenters. The average Bonchev–Trinajstić information content (AvgIpc) is 2.02. The number of esters is 2. The second-order valence-electron chi connectivity index (χ2n) is 2.02. The Morgan fingerprint density at radius 2 is 2.00 bits per heavy atom. The minimum absolute atomic E-state index is 0.448. The van der Waals surface area contributed by atoms with Crippen molar-refractivity contribution in [2.45, 2.75) is 13.0 Å². The molecule has 6 heteroatoms. The summed E-state index contributed by atoms with van der Waals surface area (Å²) in [4.78, 5) is 31.6. The number of halogens is 1. The summed E-state index contributed by atoms with van der Waals surface area (Å²) in [6.45, 7) is 1.12. The Labute approximate surface area is 73.8 Å². The lowest BCUT2D eigenvalue weighted by atomic mass is 10.2. The van der Waals surface area contributed by atoms with Crippen molar-refractivity contribution in [3.8, 4) is 0 Å². The number of rotatable bonds is 3. The van der Waals surface area contributed by atoms with E-state index in [1.165, 1.54) is 0 Å². The smallest absolute Gasteiger partial charge is 0.338 e. The monoisotopic (exact) mass is 193 g/mol. The van der Waals surface area contributed by atoms with Gasteiger partial charge in [-0.2, -0.15) is 0 Å². The summed E-state index contributed by atoms with van der Waals surface area (Å²) in [7, 11) is 0. The highest BCUT2D eigenvalue weighted by atomic mass is 35.5. The number of hydrogen-bond donors (Lipinski definition) is 1. The van der Waals surface area contributed by atoms with Gasteiger partial charge in [-0.25, -0.2) is 4.79 Å². The minimum Gasteiger partial charge on any atom is -0.391 e. The molecular formula is C6H8ClNO4. The van der Waals surface area contributed by atoms with Gasteiger partial charge >= 0.3 is 11.9 Å². The molecule has 1 atom stereocenters. The Kier molecular flexibility index (Phi) is 4.46. The lowest BCUT2D eigenvalue weighted by Crippen LogP contribution is -2.39. The van der Waals surface area contributed by atoms with Gasteiger partial charge in [0.05, 0.1) is 0 Å². The molecule has 12 heavy (non-hydrogen) atoms. The molecule has 0 aromatic carbocycles. The number of hydrogen-bond acceptors (Lipinski definition) is 5. The molecule has 0 amide bonds. The van der Waals surface area contributed by atoms with Crippen LogP contribution in [0.25, 0.3) is 0 Å². The van der Waals surface area contributed by atoms with E-state index in [1.54, 1.807) is 0 Å². The number of Topliss-reactive ketones (excluding diaryl/α,β-unsaturated/α-hetero) is 1. The minimum atomic E-state index is -1.41. The molecule has 0 fully saturated rings. The lowest BCUT2D eigenvalue weighted by Gasteiger charge is -2.04. The van der Waals surface area contributed by atoms with Gasteiger partial charge in [-0.05, 0) is 6.92 Å². The van der Waals surface area contributed by atoms with Crippen LogP contribution < -0.4 is 5.73 Å². The molecule has 0 aliphatic heterocycles. The van der Waals surface area contributed by atoms with E-state index in [9.17, 15) is 14.4 Å². The summed E-state index contributed by atoms with van der Waals surface area (Å²) in [5.41, 5.74) is 5.04. The van der Waals surface area contributed by atoms with Crippen molar-refractivity contribution in [1.82, 2.24) is 0 Å². The fourth-order valence-electron chi connectivity index (χ4n) is 0.369. The third kappa shape index (κ3) is 3.45. The molecule has 2 N–H and O–H groups in total. The van der Waals surface area contributed by atoms with E-state index in [-0.39, 0.29) is 0 Å². The van der Waals surface area contributed by atoms with Crippen LogP contribution in [0, 0.1) is 0 Å². The molecule has 0 rings (SSSR count). The lowest BCUT2D eigenvalue weighted by molar-refractivity contribution is -0.159. The maximum atomic E-state index is 10.7. The first-order chi connectivity index (χ1) is 5.49. The number of alkyl halides is 1. The molecule has 5 nitrogen and oxygen atoms in total. The van der Waals surface area contributed by atoms with E-state index in [2.05, 4.69) is 4.74 Å². The van der Waals surface area contributed by atoms with Crippen molar-refractivity contribution in [3.63, 3.8) is 0 Å². The maximum Gasteiger partial charge on any atom is 0.338 e. The summed E-state index contributed by atoms with van der Waals surface area (Å²) in [5, 5.41) is 0. The number of carbonyl (C=O) groups is 3. The highest BCUT2D eigenvalue weighted by Gasteiger charge is 2.21. The Morgan fingerprint density at radius 3 is 2.33 bits per heavy atom. The highest BCUT2D eigenvalue weighted by Crippen LogP contribution is 1.90. The van der Waals surface area contributed by atoms with E-state index in [0.717, 1.165) is 6.92 Å². The Hall–Kier alpha value is -0.940. The zero-order valence-corrected chi connectivity index (χ0v) is 7.13. The second kappa shape index (κ2) is 4.84. The van der Waals surface area contributed by atoms with Crippen molar-refractivity contribution in [2.75, 3.05) is 5.88 Å². The van der Waals surface area contributed by atoms with Gasteiger partial charge < -0.3 is 10.5 Å². The van der Waals surface area contributed by atoms with Crippen LogP contribution in [0.5, 0.6) is 0 Å². The molecule has 0 saturated carbocycles. The normalized spacial score (nSPS) is 11.9. The summed E-state index contributed by atoms with van der Waals surface area (Å²) in [6.07, 6.45) is 0. The van der Waals surface area contributed by atoms with E-state index < -0.39 is 29.6 Å². The molecule has 68 valence electrons. The average molecular weight is 194 g/mol. The van der Waals surface area contributed by atoms with Crippen LogP contribution in [0.15, 0.2) is 0 Å². The predicted octanol–water partition coefficient (Wildman–Crippen LogP) is -0.789. The van der Waals surface area contributed by atoms with Crippen LogP contribution in [-0.4, -0.2) is 29.6 Å². The van der Waals surface area contributed by atoms with Crippen molar-refractivity contribution < 1.29 is 19.1 Å². The summed E-state index contributed by atoms with van der Waals surface area (Å²) < 4.78 is 4.07. The van der Waals surface area contributed by atoms with Gasteiger partial charge in [0.25, 0.3) is 0 Å². The van der Waals surface area contributed by atoms with Gasteiger partial charge in [0.15, 0.2) is 11.8 Å². The zero-order chi connectivity index (χ0) is 9.72. The Bertz CT molecular complexity index is 216. The third-order valence-electron chi connectivity index (χ3n) is 1.02. The Morgan fingerprint density at radius 1 is 1.50 bits per heavy atom. The second-order valence-corrected chi connectivity index (χ2v) is 2.28. The van der Waals surface area contributed by atoms with Gasteiger partial charge in [0.1, 0.15) is 5.88 Å². The molecule has 0 aliphatic rings. The quantitative estimate of drug-likeness (QED) is 0.361. The zero-order valence-electron chi connectivity index (χ0n) is 6.37. The number of ether oxygens (including phenoxy) is 1. The fraction of sp³-hybridized carbons (Fsp3) is 0.500. The van der Waals surface area contributed by atoms with Crippen molar-refractivity contribution in [3.05, 3.63) is 0 Å². The van der Waals surface area contributed by atoms with Gasteiger partial charge in [0.2, 0.25) is 0 Å². The maximum absolute atomic E-state index is 10.7. The van der Waals surface area contributed by atoms with Crippen molar-refractivity contribution in [2.24, 2.45) is 5.73 Å². The summed E-state index contributed by atoms with van der Waals surface area (Å²) >= 11 is 5.03. The fourth-order valence-corrected chi connectivity index (χ4v) is 0.423. The standard InChI is InChI=1S/C6H8ClNO4/c1-3(9)5(8)6(11)12-4(10)2-7/h5H,2,8H2,1H3. The molecular weight excluding hydrogens is 186 g/mol. The molecule has 0 saturated heterocycles. The molecule has 0 bridgehead atoms. The summed E-state index contributed by atoms with van der Waals surface area (Å²) in [5.74, 6) is -3.01. The number of carbonyl (C=O) groups excluding carboxylic acids is 3. The van der Waals surface area contributed by atoms with E-state index in [0.29, 0.717) is 0 Å². The molecule has 0 aromatic rings. The van der Waals surface area contributed by atoms with E-state index in [1.807, 2.05) is 0 Å². The highest BCUT2D eigenvalue weighted by molar-refractivity contribution is 6.27. The first-order valence-electron chi connectivity index (χ1n) is 3.05. The molecule has 0 spiro atoms. The van der Waals surface area contributed by atoms with Crippen LogP contribution in [-0.2, 0) is 19.1 Å². The van der Waals surface area contributed by atoms with Crippen LogP contribution >= 0.6 is 11.6 Å². The van der Waals surface area contributed by atoms with Gasteiger partial charge in [0, 0.05) is 0 Å². The van der Waals surface area contributed by atoms with E-state index in [4.69, 9.17) is 17.3 Å². The first kappa shape index (κ1) is 11.1. The number of ketones is 1. The molecule has 0 radical (unpaired) electrons. The summed E-state index contributed by atoms with van der Waals surface area (Å²) in [6, 6.07) is -1.41. The van der Waals surface area contributed by atoms with Crippen LogP contribution in [0.1, 0.15) is 6.92 Å². The number of nitrogens with two attached hydrogens (primary N) is 1. The van der Waals surface area contributed by atoms with Crippen LogP contribution in [0.3, 0.4) is 0 Å². The van der Waals surface area contributed by atoms with Crippen LogP contribution in [0.4, 0.5) is 0 Å². The topological polar surface area (TPSA) is 86.5 Å². The largest absolute Gasteiger partial charge is 0.391 e. The van der Waals surface area contributed by atoms with Crippen LogP contribution in [0.2, 0.25) is 0 Å². The first-order valence-corrected chi connectivity index (χ1v) is 3.59. The third-order valence-corrected chi connectivity index (χ3v) is 1.23. The van der Waals surface area contributed by atoms with Gasteiger partial charge in [-0.15, -0.1) is 11.6 Å². The van der Waals surface area contributed by atoms with Crippen molar-refractivity contribution in [1.29, 1.82) is 0 Å².